The topological polar surface area (TPSA) is 80.7 Å². The Morgan fingerprint density at radius 2 is 1.86 bits per heavy atom. The highest BCUT2D eigenvalue weighted by molar-refractivity contribution is 7.90. The van der Waals surface area contributed by atoms with E-state index in [-0.39, 0.29) is 4.90 Å². The van der Waals surface area contributed by atoms with Crippen LogP contribution in [0.4, 0.5) is 5.82 Å². The third-order valence-corrected chi connectivity index (χ3v) is 5.23. The van der Waals surface area contributed by atoms with Gasteiger partial charge in [-0.25, -0.2) is 17.4 Å². The van der Waals surface area contributed by atoms with E-state index in [4.69, 9.17) is 5.73 Å². The Bertz CT molecular complexity index is 806. The molecule has 7 heteroatoms. The van der Waals surface area contributed by atoms with E-state index in [1.807, 2.05) is 6.92 Å². The third-order valence-electron chi connectivity index (χ3n) is 3.55. The van der Waals surface area contributed by atoms with Crippen molar-refractivity contribution in [1.29, 1.82) is 0 Å². The number of aryl methyl sites for hydroxylation is 1. The average Bonchev–Trinajstić information content (AvgIpc) is 2.89. The average molecular weight is 304 g/mol. The van der Waals surface area contributed by atoms with Crippen LogP contribution in [0.2, 0.25) is 0 Å². The molecule has 2 aromatic rings. The molecule has 3 rings (SSSR count). The van der Waals surface area contributed by atoms with Gasteiger partial charge < -0.3 is 10.6 Å². The van der Waals surface area contributed by atoms with Gasteiger partial charge in [0.15, 0.2) is 5.82 Å². The van der Waals surface area contributed by atoms with Gasteiger partial charge in [0.25, 0.3) is 10.0 Å². The Hall–Kier alpha value is -2.12. The monoisotopic (exact) mass is 304 g/mol. The number of nitrogens with two attached hydrogens (primary N) is 1. The lowest BCUT2D eigenvalue weighted by atomic mass is 10.2. The van der Waals surface area contributed by atoms with Gasteiger partial charge in [0.1, 0.15) is 6.17 Å². The molecule has 2 N–H and O–H groups in total. The molecule has 1 atom stereocenters. The second-order valence-electron chi connectivity index (χ2n) is 5.06. The number of aromatic nitrogens is 1. The molecule has 0 bridgehead atoms. The summed E-state index contributed by atoms with van der Waals surface area (Å²) in [4.78, 5) is 6.16. The fraction of sp³-hybridized carbons (Fsp3) is 0.214. The van der Waals surface area contributed by atoms with Crippen molar-refractivity contribution in [3.8, 4) is 0 Å². The minimum absolute atomic E-state index is 0.231. The van der Waals surface area contributed by atoms with Crippen LogP contribution in [0.3, 0.4) is 0 Å². The Kier molecular flexibility index (Phi) is 3.11. The predicted molar refractivity (Wildman–Crippen MR) is 81.0 cm³/mol. The van der Waals surface area contributed by atoms with E-state index in [2.05, 4.69) is 4.99 Å². The normalized spacial score (nSPS) is 17.9. The Balaban J connectivity index is 2.13. The third kappa shape index (κ3) is 2.14. The standard InChI is InChI=1S/C14H16N4O2S/c1-10-3-5-11(6-4-10)21(19,20)18-8-7-12-13(15)17(2)9-16-14(12)18/h3-9,13H,15H2,1-2H3. The van der Waals surface area contributed by atoms with Gasteiger partial charge in [0, 0.05) is 18.8 Å². The maximum Gasteiger partial charge on any atom is 0.269 e. The van der Waals surface area contributed by atoms with Gasteiger partial charge in [-0.2, -0.15) is 0 Å². The Morgan fingerprint density at radius 3 is 2.52 bits per heavy atom. The molecule has 0 aliphatic carbocycles. The van der Waals surface area contributed by atoms with E-state index in [1.165, 1.54) is 16.5 Å². The van der Waals surface area contributed by atoms with Gasteiger partial charge in [0.05, 0.1) is 11.2 Å². The van der Waals surface area contributed by atoms with E-state index in [9.17, 15) is 8.42 Å². The smallest absolute Gasteiger partial charge is 0.269 e. The van der Waals surface area contributed by atoms with E-state index >= 15 is 0 Å². The van der Waals surface area contributed by atoms with Crippen molar-refractivity contribution in [2.24, 2.45) is 10.7 Å². The molecule has 0 saturated carbocycles. The Labute approximate surface area is 123 Å². The van der Waals surface area contributed by atoms with Gasteiger partial charge in [-0.15, -0.1) is 0 Å². The minimum Gasteiger partial charge on any atom is -0.346 e. The van der Waals surface area contributed by atoms with Crippen molar-refractivity contribution < 1.29 is 8.42 Å². The quantitative estimate of drug-likeness (QED) is 0.913. The first-order chi connectivity index (χ1) is 9.91. The van der Waals surface area contributed by atoms with Crippen LogP contribution in [0, 0.1) is 6.92 Å². The van der Waals surface area contributed by atoms with Crippen LogP contribution in [0.1, 0.15) is 17.3 Å². The highest BCUT2D eigenvalue weighted by atomic mass is 32.2. The highest BCUT2D eigenvalue weighted by Gasteiger charge is 2.27. The molecular formula is C14H16N4O2S. The number of benzene rings is 1. The minimum atomic E-state index is -3.67. The fourth-order valence-electron chi connectivity index (χ4n) is 2.24. The zero-order valence-electron chi connectivity index (χ0n) is 11.8. The number of nitrogens with zero attached hydrogens (tertiary/aromatic N) is 3. The number of aliphatic imine (C=N–C) groups is 1. The first-order valence-corrected chi connectivity index (χ1v) is 7.90. The summed E-state index contributed by atoms with van der Waals surface area (Å²) in [5, 5.41) is 0. The lowest BCUT2D eigenvalue weighted by Gasteiger charge is -2.25. The van der Waals surface area contributed by atoms with Gasteiger partial charge in [-0.05, 0) is 25.1 Å². The largest absolute Gasteiger partial charge is 0.346 e. The summed E-state index contributed by atoms with van der Waals surface area (Å²) in [7, 11) is -1.87. The summed E-state index contributed by atoms with van der Waals surface area (Å²) in [5.41, 5.74) is 7.73. The number of fused-ring (bicyclic) bond motifs is 1. The molecule has 21 heavy (non-hydrogen) atoms. The molecule has 1 aliphatic rings. The molecule has 0 fully saturated rings. The van der Waals surface area contributed by atoms with Crippen LogP contribution in [0.5, 0.6) is 0 Å². The van der Waals surface area contributed by atoms with Crippen LogP contribution >= 0.6 is 0 Å². The first-order valence-electron chi connectivity index (χ1n) is 6.46. The molecule has 0 amide bonds. The van der Waals surface area contributed by atoms with E-state index < -0.39 is 16.2 Å². The van der Waals surface area contributed by atoms with Gasteiger partial charge in [-0.3, -0.25) is 0 Å². The van der Waals surface area contributed by atoms with Crippen molar-refractivity contribution in [3.63, 3.8) is 0 Å². The molecule has 1 unspecified atom stereocenters. The SMILES string of the molecule is Cc1ccc(S(=O)(=O)n2ccc3c2N=CN(C)C3N)cc1. The molecule has 6 nitrogen and oxygen atoms in total. The van der Waals surface area contributed by atoms with Crippen molar-refractivity contribution in [2.75, 3.05) is 7.05 Å². The first kappa shape index (κ1) is 13.8. The highest BCUT2D eigenvalue weighted by Crippen LogP contribution is 2.33. The second-order valence-corrected chi connectivity index (χ2v) is 6.88. The molecule has 110 valence electrons. The zero-order valence-corrected chi connectivity index (χ0v) is 12.6. The number of rotatable bonds is 2. The molecule has 1 aliphatic heterocycles. The van der Waals surface area contributed by atoms with Crippen molar-refractivity contribution in [2.45, 2.75) is 18.0 Å². The zero-order chi connectivity index (χ0) is 15.2. The van der Waals surface area contributed by atoms with E-state index in [0.717, 1.165) is 5.56 Å². The molecule has 1 aromatic heterocycles. The van der Waals surface area contributed by atoms with Gasteiger partial charge >= 0.3 is 0 Å². The molecule has 0 radical (unpaired) electrons. The lowest BCUT2D eigenvalue weighted by Crippen LogP contribution is -2.32. The lowest BCUT2D eigenvalue weighted by molar-refractivity contribution is 0.391. The summed E-state index contributed by atoms with van der Waals surface area (Å²) in [6.07, 6.45) is 2.64. The van der Waals surface area contributed by atoms with Crippen molar-refractivity contribution >= 4 is 22.2 Å². The van der Waals surface area contributed by atoms with Gasteiger partial charge in [-0.1, -0.05) is 17.7 Å². The Morgan fingerprint density at radius 1 is 1.19 bits per heavy atom. The number of hydrogen-bond acceptors (Lipinski definition) is 5. The summed E-state index contributed by atoms with van der Waals surface area (Å²) in [5.74, 6) is 0.362. The maximum absolute atomic E-state index is 12.7. The number of hydrogen-bond donors (Lipinski definition) is 1. The predicted octanol–water partition coefficient (Wildman–Crippen LogP) is 1.60. The summed E-state index contributed by atoms with van der Waals surface area (Å²) < 4.78 is 26.6. The van der Waals surface area contributed by atoms with Crippen LogP contribution < -0.4 is 5.73 Å². The molecule has 1 aromatic carbocycles. The van der Waals surface area contributed by atoms with Crippen LogP contribution in [-0.4, -0.2) is 30.7 Å². The molecule has 0 spiro atoms. The maximum atomic E-state index is 12.7. The van der Waals surface area contributed by atoms with E-state index in [1.54, 1.807) is 42.3 Å². The molecule has 2 heterocycles. The van der Waals surface area contributed by atoms with E-state index in [0.29, 0.717) is 11.4 Å². The summed E-state index contributed by atoms with van der Waals surface area (Å²) in [6, 6.07) is 8.42. The van der Waals surface area contributed by atoms with Crippen LogP contribution in [-0.2, 0) is 10.0 Å². The fourth-order valence-corrected chi connectivity index (χ4v) is 3.55. The molecular weight excluding hydrogens is 288 g/mol. The van der Waals surface area contributed by atoms with Crippen LogP contribution in [0.25, 0.3) is 0 Å². The van der Waals surface area contributed by atoms with Crippen molar-refractivity contribution in [1.82, 2.24) is 8.87 Å². The van der Waals surface area contributed by atoms with Crippen LogP contribution in [0.15, 0.2) is 46.4 Å². The van der Waals surface area contributed by atoms with Gasteiger partial charge in [0.2, 0.25) is 0 Å². The summed E-state index contributed by atoms with van der Waals surface area (Å²) in [6.45, 7) is 1.91. The molecule has 0 saturated heterocycles. The summed E-state index contributed by atoms with van der Waals surface area (Å²) >= 11 is 0. The second kappa shape index (κ2) is 4.71. The van der Waals surface area contributed by atoms with Crippen molar-refractivity contribution in [3.05, 3.63) is 47.7 Å².